The third-order valence-electron chi connectivity index (χ3n) is 2.05. The third kappa shape index (κ3) is 1.20. The molecule has 1 N–H and O–H groups in total. The molecular formula is C8H10N3O. The lowest BCUT2D eigenvalue weighted by atomic mass is 10.4. The minimum atomic E-state index is -0.139. The van der Waals surface area contributed by atoms with E-state index in [0.717, 1.165) is 25.9 Å². The Kier molecular flexibility index (Phi) is 1.81. The van der Waals surface area contributed by atoms with E-state index in [-0.39, 0.29) is 5.56 Å². The maximum absolute atomic E-state index is 11.2. The molecule has 12 heavy (non-hydrogen) atoms. The van der Waals surface area contributed by atoms with Crippen LogP contribution in [0.25, 0.3) is 0 Å². The average Bonchev–Trinajstić information content (AvgIpc) is 2.57. The first-order valence-electron chi connectivity index (χ1n) is 4.08. The quantitative estimate of drug-likeness (QED) is 0.643. The van der Waals surface area contributed by atoms with Gasteiger partial charge in [0.25, 0.3) is 5.56 Å². The number of nitrogens with one attached hydrogen (secondary N) is 1. The first kappa shape index (κ1) is 7.34. The zero-order chi connectivity index (χ0) is 8.39. The zero-order valence-corrected chi connectivity index (χ0v) is 6.71. The topological polar surface area (TPSA) is 49.0 Å². The molecule has 1 aromatic heterocycles. The molecule has 63 valence electrons. The highest BCUT2D eigenvalue weighted by atomic mass is 16.1. The lowest BCUT2D eigenvalue weighted by Gasteiger charge is -2.13. The highest BCUT2D eigenvalue weighted by molar-refractivity contribution is 5.35. The van der Waals surface area contributed by atoms with Crippen LogP contribution in [0.1, 0.15) is 12.8 Å². The predicted octanol–water partition coefficient (Wildman–Crippen LogP) is 0.170. The Morgan fingerprint density at radius 1 is 1.50 bits per heavy atom. The molecule has 1 aromatic rings. The zero-order valence-electron chi connectivity index (χ0n) is 6.71. The average molecular weight is 164 g/mol. The fourth-order valence-electron chi connectivity index (χ4n) is 1.46. The molecule has 0 saturated carbocycles. The van der Waals surface area contributed by atoms with Crippen LogP contribution in [-0.4, -0.2) is 23.1 Å². The molecule has 0 amide bonds. The minimum absolute atomic E-state index is 0.139. The fraction of sp³-hybridized carbons (Fsp3) is 0.500. The van der Waals surface area contributed by atoms with Gasteiger partial charge in [-0.1, -0.05) is 0 Å². The van der Waals surface area contributed by atoms with Crippen LogP contribution in [-0.2, 0) is 0 Å². The molecule has 0 atom stereocenters. The van der Waals surface area contributed by atoms with Crippen molar-refractivity contribution in [1.82, 2.24) is 9.97 Å². The largest absolute Gasteiger partial charge is 0.352 e. The van der Waals surface area contributed by atoms with Crippen molar-refractivity contribution in [1.29, 1.82) is 0 Å². The molecule has 0 aromatic carbocycles. The summed E-state index contributed by atoms with van der Waals surface area (Å²) < 4.78 is 0. The van der Waals surface area contributed by atoms with E-state index in [1.165, 1.54) is 6.20 Å². The molecule has 1 fully saturated rings. The number of aromatic amines is 1. The van der Waals surface area contributed by atoms with Crippen molar-refractivity contribution < 1.29 is 0 Å². The van der Waals surface area contributed by atoms with Crippen molar-refractivity contribution in [2.24, 2.45) is 0 Å². The van der Waals surface area contributed by atoms with Crippen LogP contribution in [0.3, 0.4) is 0 Å². The van der Waals surface area contributed by atoms with Gasteiger partial charge in [0.05, 0.1) is 12.4 Å². The van der Waals surface area contributed by atoms with E-state index < -0.39 is 0 Å². The molecule has 0 bridgehead atoms. The van der Waals surface area contributed by atoms with Crippen molar-refractivity contribution in [3.8, 4) is 0 Å². The second-order valence-electron chi connectivity index (χ2n) is 2.87. The van der Waals surface area contributed by atoms with E-state index in [1.807, 2.05) is 4.90 Å². The van der Waals surface area contributed by atoms with Crippen molar-refractivity contribution in [3.63, 3.8) is 0 Å². The Morgan fingerprint density at radius 3 is 2.92 bits per heavy atom. The number of nitrogens with zero attached hydrogens (tertiary/aromatic N) is 2. The molecule has 4 nitrogen and oxygen atoms in total. The van der Waals surface area contributed by atoms with Crippen LogP contribution in [0.2, 0.25) is 0 Å². The summed E-state index contributed by atoms with van der Waals surface area (Å²) in [5.74, 6) is 0.534. The molecule has 2 heterocycles. The van der Waals surface area contributed by atoms with Gasteiger partial charge in [0.1, 0.15) is 0 Å². The lowest BCUT2D eigenvalue weighted by Crippen LogP contribution is -2.26. The van der Waals surface area contributed by atoms with Gasteiger partial charge in [0.15, 0.2) is 5.82 Å². The van der Waals surface area contributed by atoms with Gasteiger partial charge < -0.3 is 9.88 Å². The Bertz CT molecular complexity index is 314. The Morgan fingerprint density at radius 2 is 2.25 bits per heavy atom. The normalized spacial score (nSPS) is 16.8. The van der Waals surface area contributed by atoms with Gasteiger partial charge in [0.2, 0.25) is 0 Å². The summed E-state index contributed by atoms with van der Waals surface area (Å²) in [6.45, 7) is 1.89. The van der Waals surface area contributed by atoms with Crippen LogP contribution in [0.5, 0.6) is 0 Å². The summed E-state index contributed by atoms with van der Waals surface area (Å²) >= 11 is 0. The van der Waals surface area contributed by atoms with E-state index in [0.29, 0.717) is 5.82 Å². The van der Waals surface area contributed by atoms with Crippen LogP contribution >= 0.6 is 0 Å². The first-order valence-corrected chi connectivity index (χ1v) is 4.08. The fourth-order valence-corrected chi connectivity index (χ4v) is 1.46. The van der Waals surface area contributed by atoms with Gasteiger partial charge in [-0.05, 0) is 12.8 Å². The second-order valence-corrected chi connectivity index (χ2v) is 2.87. The van der Waals surface area contributed by atoms with Gasteiger partial charge in [-0.2, -0.15) is 0 Å². The van der Waals surface area contributed by atoms with Crippen molar-refractivity contribution in [2.45, 2.75) is 12.8 Å². The number of aromatic nitrogens is 2. The second kappa shape index (κ2) is 2.97. The standard InChI is InChI=1S/C8H10N3O/c12-8-7(9-3-4-10-8)11-5-1-2-6-11/h3H,1-2,5-6H2,(H,10,12). The van der Waals surface area contributed by atoms with E-state index in [2.05, 4.69) is 16.2 Å². The van der Waals surface area contributed by atoms with Gasteiger partial charge in [0, 0.05) is 13.1 Å². The summed E-state index contributed by atoms with van der Waals surface area (Å²) in [6, 6.07) is 0. The molecule has 1 aliphatic rings. The summed E-state index contributed by atoms with van der Waals surface area (Å²) in [7, 11) is 0. The number of hydrogen-bond acceptors (Lipinski definition) is 3. The molecule has 1 aliphatic heterocycles. The lowest BCUT2D eigenvalue weighted by molar-refractivity contribution is 0.911. The van der Waals surface area contributed by atoms with Gasteiger partial charge >= 0.3 is 0 Å². The Balaban J connectivity index is 2.32. The minimum Gasteiger partial charge on any atom is -0.352 e. The van der Waals surface area contributed by atoms with E-state index >= 15 is 0 Å². The molecule has 1 saturated heterocycles. The van der Waals surface area contributed by atoms with E-state index in [4.69, 9.17) is 0 Å². The molecule has 1 radical (unpaired) electrons. The number of anilines is 1. The number of hydrogen-bond donors (Lipinski definition) is 1. The van der Waals surface area contributed by atoms with Crippen LogP contribution in [0, 0.1) is 6.20 Å². The smallest absolute Gasteiger partial charge is 0.291 e. The predicted molar refractivity (Wildman–Crippen MR) is 45.1 cm³/mol. The van der Waals surface area contributed by atoms with Crippen molar-refractivity contribution in [3.05, 3.63) is 22.7 Å². The number of H-pyrrole nitrogens is 1. The molecule has 0 unspecified atom stereocenters. The Labute approximate surface area is 70.2 Å². The van der Waals surface area contributed by atoms with Gasteiger partial charge in [-0.3, -0.25) is 4.79 Å². The number of rotatable bonds is 1. The molecular weight excluding hydrogens is 154 g/mol. The maximum Gasteiger partial charge on any atom is 0.291 e. The third-order valence-corrected chi connectivity index (χ3v) is 2.05. The van der Waals surface area contributed by atoms with Gasteiger partial charge in [-0.15, -0.1) is 0 Å². The summed E-state index contributed by atoms with van der Waals surface area (Å²) in [6.07, 6.45) is 6.35. The van der Waals surface area contributed by atoms with E-state index in [9.17, 15) is 4.79 Å². The molecule has 4 heteroatoms. The van der Waals surface area contributed by atoms with Gasteiger partial charge in [-0.25, -0.2) is 4.98 Å². The molecule has 0 spiro atoms. The van der Waals surface area contributed by atoms with Crippen molar-refractivity contribution >= 4 is 5.82 Å². The molecule has 2 rings (SSSR count). The van der Waals surface area contributed by atoms with E-state index in [1.54, 1.807) is 0 Å². The van der Waals surface area contributed by atoms with Crippen LogP contribution in [0.15, 0.2) is 11.0 Å². The van der Waals surface area contributed by atoms with Crippen molar-refractivity contribution in [2.75, 3.05) is 18.0 Å². The summed E-state index contributed by atoms with van der Waals surface area (Å²) in [4.78, 5) is 19.7. The highest BCUT2D eigenvalue weighted by Crippen LogP contribution is 2.12. The summed E-state index contributed by atoms with van der Waals surface area (Å²) in [5, 5.41) is 0. The molecule has 0 aliphatic carbocycles. The highest BCUT2D eigenvalue weighted by Gasteiger charge is 2.15. The maximum atomic E-state index is 11.2. The van der Waals surface area contributed by atoms with Crippen LogP contribution < -0.4 is 10.5 Å². The Hall–Kier alpha value is -1.32. The SMILES string of the molecule is O=c1[nH][c]cnc1N1CCCC1. The monoisotopic (exact) mass is 164 g/mol. The first-order chi connectivity index (χ1) is 5.88. The van der Waals surface area contributed by atoms with Crippen LogP contribution in [0.4, 0.5) is 5.82 Å². The summed E-state index contributed by atoms with van der Waals surface area (Å²) in [5.41, 5.74) is -0.139.